The van der Waals surface area contributed by atoms with Gasteiger partial charge in [-0.15, -0.1) is 0 Å². The Morgan fingerprint density at radius 2 is 1.87 bits per heavy atom. The summed E-state index contributed by atoms with van der Waals surface area (Å²) >= 11 is 11.9. The van der Waals surface area contributed by atoms with Crippen LogP contribution in [-0.2, 0) is 6.67 Å². The first-order valence-electron chi connectivity index (χ1n) is 6.85. The molecule has 0 aliphatic heterocycles. The van der Waals surface area contributed by atoms with Gasteiger partial charge in [-0.2, -0.15) is 0 Å². The van der Waals surface area contributed by atoms with Crippen LogP contribution < -0.4 is 5.32 Å². The topological polar surface area (TPSA) is 42.0 Å². The van der Waals surface area contributed by atoms with Crippen molar-refractivity contribution >= 4 is 29.1 Å². The summed E-state index contributed by atoms with van der Waals surface area (Å²) in [6.07, 6.45) is 0.426. The zero-order valence-corrected chi connectivity index (χ0v) is 13.6. The highest BCUT2D eigenvalue weighted by Crippen LogP contribution is 2.23. The summed E-state index contributed by atoms with van der Waals surface area (Å²) in [5.41, 5.74) is 1.10. The van der Waals surface area contributed by atoms with E-state index in [9.17, 15) is 9.18 Å². The normalized spacial score (nSPS) is 9.87. The van der Waals surface area contributed by atoms with Crippen molar-refractivity contribution in [2.24, 2.45) is 0 Å². The number of nitrogens with one attached hydrogen (secondary N) is 1. The van der Waals surface area contributed by atoms with Crippen LogP contribution in [0.1, 0.15) is 28.2 Å². The zero-order valence-electron chi connectivity index (χ0n) is 12.1. The highest BCUT2D eigenvalue weighted by molar-refractivity contribution is 6.39. The van der Waals surface area contributed by atoms with Crippen LogP contribution in [0.4, 0.5) is 4.39 Å². The molecule has 1 amide bonds. The molecular formula is C17H13Cl2FN2O. The maximum absolute atomic E-state index is 12.5. The van der Waals surface area contributed by atoms with Gasteiger partial charge < -0.3 is 5.32 Å². The second-order valence-electron chi connectivity index (χ2n) is 4.55. The summed E-state index contributed by atoms with van der Waals surface area (Å²) in [5, 5.41) is 3.30. The molecule has 1 N–H and O–H groups in total. The maximum atomic E-state index is 12.5. The van der Waals surface area contributed by atoms with E-state index in [0.717, 1.165) is 0 Å². The van der Waals surface area contributed by atoms with Gasteiger partial charge in [-0.1, -0.05) is 41.3 Å². The monoisotopic (exact) mass is 350 g/mol. The molecule has 6 heteroatoms. The molecule has 0 unspecified atom stereocenters. The van der Waals surface area contributed by atoms with Crippen LogP contribution in [0.2, 0.25) is 10.0 Å². The molecule has 0 radical (unpaired) electrons. The summed E-state index contributed by atoms with van der Waals surface area (Å²) in [6, 6.07) is 9.88. The minimum absolute atomic E-state index is 0.251. The molecule has 0 spiro atoms. The number of nitrogens with zero attached hydrogens (tertiary/aromatic N) is 1. The second kappa shape index (κ2) is 8.52. The van der Waals surface area contributed by atoms with Crippen molar-refractivity contribution in [3.63, 3.8) is 0 Å². The largest absolute Gasteiger partial charge is 0.351 e. The first-order chi connectivity index (χ1) is 11.1. The predicted octanol–water partition coefficient (Wildman–Crippen LogP) is 4.03. The Labute approximate surface area is 143 Å². The number of benzene rings is 1. The second-order valence-corrected chi connectivity index (χ2v) is 5.37. The Morgan fingerprint density at radius 1 is 1.17 bits per heavy atom. The fourth-order valence-corrected chi connectivity index (χ4v) is 2.39. The van der Waals surface area contributed by atoms with Crippen molar-refractivity contribution in [2.75, 3.05) is 6.54 Å². The number of amides is 1. The molecule has 0 aliphatic carbocycles. The van der Waals surface area contributed by atoms with Crippen molar-refractivity contribution < 1.29 is 9.18 Å². The average Bonchev–Trinajstić information content (AvgIpc) is 2.54. The molecular weight excluding hydrogens is 338 g/mol. The van der Waals surface area contributed by atoms with E-state index in [2.05, 4.69) is 22.1 Å². The molecule has 2 aromatic rings. The fraction of sp³-hybridized carbons (Fsp3) is 0.176. The van der Waals surface area contributed by atoms with Crippen molar-refractivity contribution in [1.82, 2.24) is 10.3 Å². The summed E-state index contributed by atoms with van der Waals surface area (Å²) in [5.74, 6) is 5.35. The van der Waals surface area contributed by atoms with Crippen LogP contribution in [-0.4, -0.2) is 17.4 Å². The van der Waals surface area contributed by atoms with Gasteiger partial charge in [0.25, 0.3) is 5.91 Å². The molecule has 0 saturated carbocycles. The molecule has 23 heavy (non-hydrogen) atoms. The smallest absolute Gasteiger partial charge is 0.254 e. The van der Waals surface area contributed by atoms with Gasteiger partial charge in [0.15, 0.2) is 0 Å². The Balaban J connectivity index is 1.88. The molecule has 0 aliphatic rings. The van der Waals surface area contributed by atoms with Crippen LogP contribution in [0.5, 0.6) is 0 Å². The van der Waals surface area contributed by atoms with Gasteiger partial charge >= 0.3 is 0 Å². The van der Waals surface area contributed by atoms with E-state index in [1.165, 1.54) is 0 Å². The molecule has 0 saturated heterocycles. The van der Waals surface area contributed by atoms with Crippen LogP contribution >= 0.6 is 23.2 Å². The molecule has 2 rings (SSSR count). The van der Waals surface area contributed by atoms with Crippen molar-refractivity contribution in [2.45, 2.75) is 13.1 Å². The fourth-order valence-electron chi connectivity index (χ4n) is 1.82. The lowest BCUT2D eigenvalue weighted by atomic mass is 10.2. The van der Waals surface area contributed by atoms with E-state index in [1.807, 2.05) is 0 Å². The maximum Gasteiger partial charge on any atom is 0.254 e. The Morgan fingerprint density at radius 3 is 2.57 bits per heavy atom. The summed E-state index contributed by atoms with van der Waals surface area (Å²) < 4.78 is 12.5. The lowest BCUT2D eigenvalue weighted by Crippen LogP contribution is -2.24. The van der Waals surface area contributed by atoms with Crippen molar-refractivity contribution in [3.8, 4) is 11.8 Å². The van der Waals surface area contributed by atoms with Gasteiger partial charge in [0.05, 0.1) is 21.3 Å². The van der Waals surface area contributed by atoms with Crippen LogP contribution in [0, 0.1) is 11.8 Å². The standard InChI is InChI=1S/C17H13Cl2FN2O/c18-14-8-4-9-15(19)16(14)17(23)21-10-2-1-5-12-6-3-7-13(11-20)22-12/h3-4,6-9H,2,10-11H2,(H,21,23). The Hall–Kier alpha value is -2.09. The number of aromatic nitrogens is 1. The number of hydrogen-bond acceptors (Lipinski definition) is 2. The van der Waals surface area contributed by atoms with Crippen molar-refractivity contribution in [1.29, 1.82) is 0 Å². The van der Waals surface area contributed by atoms with Crippen LogP contribution in [0.25, 0.3) is 0 Å². The van der Waals surface area contributed by atoms with Gasteiger partial charge in [-0.25, -0.2) is 9.37 Å². The van der Waals surface area contributed by atoms with Gasteiger partial charge in [0.1, 0.15) is 12.4 Å². The lowest BCUT2D eigenvalue weighted by molar-refractivity contribution is 0.0955. The molecule has 1 aromatic heterocycles. The predicted molar refractivity (Wildman–Crippen MR) is 89.3 cm³/mol. The molecule has 0 bridgehead atoms. The number of pyridine rings is 1. The van der Waals surface area contributed by atoms with E-state index >= 15 is 0 Å². The zero-order chi connectivity index (χ0) is 16.7. The summed E-state index contributed by atoms with van der Waals surface area (Å²) in [7, 11) is 0. The van der Waals surface area contributed by atoms with E-state index in [4.69, 9.17) is 23.2 Å². The number of alkyl halides is 1. The SMILES string of the molecule is O=C(NCCC#Cc1cccc(CF)n1)c1c(Cl)cccc1Cl. The summed E-state index contributed by atoms with van der Waals surface area (Å²) in [6.45, 7) is -0.277. The minimum Gasteiger partial charge on any atom is -0.351 e. The Bertz CT molecular complexity index is 748. The summed E-state index contributed by atoms with van der Waals surface area (Å²) in [4.78, 5) is 16.0. The molecule has 1 aromatic carbocycles. The third kappa shape index (κ3) is 4.95. The highest BCUT2D eigenvalue weighted by Gasteiger charge is 2.13. The van der Waals surface area contributed by atoms with E-state index < -0.39 is 6.67 Å². The average molecular weight is 351 g/mol. The van der Waals surface area contributed by atoms with Gasteiger partial charge in [-0.3, -0.25) is 4.79 Å². The van der Waals surface area contributed by atoms with E-state index in [-0.39, 0.29) is 11.5 Å². The molecule has 0 fully saturated rings. The lowest BCUT2D eigenvalue weighted by Gasteiger charge is -2.06. The highest BCUT2D eigenvalue weighted by atomic mass is 35.5. The molecule has 118 valence electrons. The molecule has 1 heterocycles. The minimum atomic E-state index is -0.621. The quantitative estimate of drug-likeness (QED) is 0.668. The van der Waals surface area contributed by atoms with Gasteiger partial charge in [-0.05, 0) is 30.2 Å². The molecule has 3 nitrogen and oxygen atoms in total. The first kappa shape index (κ1) is 17.3. The van der Waals surface area contributed by atoms with Crippen molar-refractivity contribution in [3.05, 3.63) is 63.4 Å². The molecule has 0 atom stereocenters. The van der Waals surface area contributed by atoms with E-state index in [0.29, 0.717) is 34.4 Å². The first-order valence-corrected chi connectivity index (χ1v) is 7.60. The number of carbonyl (C=O) groups excluding carboxylic acids is 1. The Kier molecular flexibility index (Phi) is 6.40. The number of carbonyl (C=O) groups is 1. The van der Waals surface area contributed by atoms with Crippen LogP contribution in [0.15, 0.2) is 36.4 Å². The van der Waals surface area contributed by atoms with Gasteiger partial charge in [0, 0.05) is 13.0 Å². The number of hydrogen-bond donors (Lipinski definition) is 1. The van der Waals surface area contributed by atoms with E-state index in [1.54, 1.807) is 36.4 Å². The number of halogens is 3. The number of rotatable bonds is 4. The third-order valence-electron chi connectivity index (χ3n) is 2.89. The van der Waals surface area contributed by atoms with Crippen LogP contribution in [0.3, 0.4) is 0 Å². The third-order valence-corrected chi connectivity index (χ3v) is 3.52. The van der Waals surface area contributed by atoms with Gasteiger partial charge in [0.2, 0.25) is 0 Å².